The fraction of sp³-hybridized carbons (Fsp3) is 0.125. The maximum Gasteiger partial charge on any atom is 0.262 e. The maximum absolute atomic E-state index is 10.6. The molecule has 0 aliphatic carbocycles. The van der Waals surface area contributed by atoms with Gasteiger partial charge in [0.15, 0.2) is 0 Å². The number of nitrogens with zero attached hydrogens (tertiary/aromatic N) is 2. The summed E-state index contributed by atoms with van der Waals surface area (Å²) in [7, 11) is 0. The molecule has 6 heteroatoms. The van der Waals surface area contributed by atoms with E-state index in [-0.39, 0.29) is 11.8 Å². The standard InChI is InChI=1S/C8H8ClN3O2/c1-6(13)11-12-8(14-9)7-3-2-4-10-5-7/h2-5H,1H3,(H,11,13). The molecule has 0 atom stereocenters. The number of hydrogen-bond acceptors (Lipinski definition) is 4. The lowest BCUT2D eigenvalue weighted by Crippen LogP contribution is -2.16. The highest BCUT2D eigenvalue weighted by molar-refractivity contribution is 6.17. The average molecular weight is 214 g/mol. The molecule has 1 aromatic heterocycles. The fourth-order valence-corrected chi connectivity index (χ4v) is 0.869. The Bertz CT molecular complexity index is 340. The van der Waals surface area contributed by atoms with Crippen LogP contribution in [-0.4, -0.2) is 16.8 Å². The molecule has 0 aliphatic rings. The van der Waals surface area contributed by atoms with E-state index in [0.717, 1.165) is 0 Å². The number of rotatable bonds is 2. The van der Waals surface area contributed by atoms with E-state index >= 15 is 0 Å². The molecule has 1 rings (SSSR count). The van der Waals surface area contributed by atoms with Crippen LogP contribution in [0.25, 0.3) is 0 Å². The van der Waals surface area contributed by atoms with E-state index in [2.05, 4.69) is 19.8 Å². The third-order valence-corrected chi connectivity index (χ3v) is 1.44. The second-order valence-corrected chi connectivity index (χ2v) is 2.56. The summed E-state index contributed by atoms with van der Waals surface area (Å²) in [6, 6.07) is 3.41. The summed E-state index contributed by atoms with van der Waals surface area (Å²) in [4.78, 5) is 14.4. The smallest absolute Gasteiger partial charge is 0.262 e. The Morgan fingerprint density at radius 1 is 1.71 bits per heavy atom. The number of amides is 1. The topological polar surface area (TPSA) is 63.6 Å². The lowest BCUT2D eigenvalue weighted by molar-refractivity contribution is -0.118. The van der Waals surface area contributed by atoms with E-state index < -0.39 is 0 Å². The summed E-state index contributed by atoms with van der Waals surface area (Å²) in [5.41, 5.74) is 2.79. The third-order valence-electron chi connectivity index (χ3n) is 1.30. The summed E-state index contributed by atoms with van der Waals surface area (Å²) in [5.74, 6) is -0.213. The van der Waals surface area contributed by atoms with Crippen LogP contribution < -0.4 is 5.43 Å². The number of pyridine rings is 1. The molecule has 1 aromatic rings. The van der Waals surface area contributed by atoms with Crippen molar-refractivity contribution >= 4 is 23.7 Å². The predicted molar refractivity (Wildman–Crippen MR) is 51.5 cm³/mol. The molecule has 0 unspecified atom stereocenters. The van der Waals surface area contributed by atoms with Crippen LogP contribution in [0, 0.1) is 0 Å². The molecule has 0 aliphatic heterocycles. The van der Waals surface area contributed by atoms with Gasteiger partial charge < -0.3 is 4.29 Å². The predicted octanol–water partition coefficient (Wildman–Crippen LogP) is 1.05. The SMILES string of the molecule is CC(=O)NN=C(OCl)c1cccnc1. The number of halogens is 1. The molecule has 1 heterocycles. The summed E-state index contributed by atoms with van der Waals surface area (Å²) in [6.07, 6.45) is 3.12. The molecule has 1 amide bonds. The average Bonchev–Trinajstić information content (AvgIpc) is 2.20. The van der Waals surface area contributed by atoms with Gasteiger partial charge in [0.25, 0.3) is 5.90 Å². The van der Waals surface area contributed by atoms with Crippen LogP contribution >= 0.6 is 11.9 Å². The lowest BCUT2D eigenvalue weighted by atomic mass is 10.3. The van der Waals surface area contributed by atoms with Crippen molar-refractivity contribution in [2.45, 2.75) is 6.92 Å². The molecule has 0 bridgehead atoms. The molecule has 74 valence electrons. The first-order valence-corrected chi connectivity index (χ1v) is 4.08. The number of aromatic nitrogens is 1. The van der Waals surface area contributed by atoms with Crippen molar-refractivity contribution < 1.29 is 9.08 Å². The first-order chi connectivity index (χ1) is 6.74. The van der Waals surface area contributed by atoms with Crippen molar-refractivity contribution in [3.8, 4) is 0 Å². The number of carbonyl (C=O) groups is 1. The van der Waals surface area contributed by atoms with Crippen LogP contribution in [0.1, 0.15) is 12.5 Å². The monoisotopic (exact) mass is 213 g/mol. The van der Waals surface area contributed by atoms with E-state index in [4.69, 9.17) is 11.9 Å². The largest absolute Gasteiger partial charge is 0.363 e. The van der Waals surface area contributed by atoms with Crippen molar-refractivity contribution in [2.24, 2.45) is 5.10 Å². The zero-order valence-corrected chi connectivity index (χ0v) is 8.15. The van der Waals surface area contributed by atoms with Crippen molar-refractivity contribution in [3.63, 3.8) is 0 Å². The van der Waals surface area contributed by atoms with Crippen molar-refractivity contribution in [2.75, 3.05) is 0 Å². The second kappa shape index (κ2) is 5.18. The van der Waals surface area contributed by atoms with Gasteiger partial charge in [-0.15, -0.1) is 5.10 Å². The maximum atomic E-state index is 10.6. The van der Waals surface area contributed by atoms with Gasteiger partial charge in [0, 0.05) is 19.3 Å². The Kier molecular flexibility index (Phi) is 3.87. The highest BCUT2D eigenvalue weighted by Crippen LogP contribution is 2.01. The Morgan fingerprint density at radius 2 is 2.50 bits per heavy atom. The highest BCUT2D eigenvalue weighted by Gasteiger charge is 2.04. The molecule has 14 heavy (non-hydrogen) atoms. The normalized spacial score (nSPS) is 10.9. The minimum Gasteiger partial charge on any atom is -0.363 e. The molecule has 0 fully saturated rings. The van der Waals surface area contributed by atoms with Gasteiger partial charge >= 0.3 is 0 Å². The van der Waals surface area contributed by atoms with E-state index in [0.29, 0.717) is 5.56 Å². The number of carbonyl (C=O) groups excluding carboxylic acids is 1. The molecule has 0 aromatic carbocycles. The van der Waals surface area contributed by atoms with Crippen LogP contribution in [0.15, 0.2) is 29.6 Å². The minimum absolute atomic E-state index is 0.0926. The van der Waals surface area contributed by atoms with Crippen molar-refractivity contribution in [1.29, 1.82) is 0 Å². The number of hydrazone groups is 1. The Hall–Kier alpha value is -1.62. The zero-order valence-electron chi connectivity index (χ0n) is 7.40. The van der Waals surface area contributed by atoms with Gasteiger partial charge in [-0.1, -0.05) is 0 Å². The van der Waals surface area contributed by atoms with Gasteiger partial charge in [-0.3, -0.25) is 9.78 Å². The fourth-order valence-electron chi connectivity index (χ4n) is 0.745. The highest BCUT2D eigenvalue weighted by atomic mass is 35.5. The van der Waals surface area contributed by atoms with Gasteiger partial charge in [0.1, 0.15) is 11.9 Å². The van der Waals surface area contributed by atoms with Crippen molar-refractivity contribution in [3.05, 3.63) is 30.1 Å². The first-order valence-electron chi connectivity index (χ1n) is 3.77. The zero-order chi connectivity index (χ0) is 10.4. The molecular formula is C8H8ClN3O2. The summed E-state index contributed by atoms with van der Waals surface area (Å²) >= 11 is 5.18. The van der Waals surface area contributed by atoms with Gasteiger partial charge in [-0.25, -0.2) is 5.43 Å². The van der Waals surface area contributed by atoms with Crippen molar-refractivity contribution in [1.82, 2.24) is 10.4 Å². The van der Waals surface area contributed by atoms with Crippen LogP contribution in [0.3, 0.4) is 0 Å². The number of nitrogens with one attached hydrogen (secondary N) is 1. The van der Waals surface area contributed by atoms with Gasteiger partial charge in [0.2, 0.25) is 5.91 Å². The molecule has 5 nitrogen and oxygen atoms in total. The van der Waals surface area contributed by atoms with E-state index in [9.17, 15) is 4.79 Å². The first kappa shape index (κ1) is 10.5. The van der Waals surface area contributed by atoms with Crippen LogP contribution in [0.2, 0.25) is 0 Å². The van der Waals surface area contributed by atoms with Crippen LogP contribution in [-0.2, 0) is 9.08 Å². The van der Waals surface area contributed by atoms with Crippen LogP contribution in [0.5, 0.6) is 0 Å². The molecule has 0 radical (unpaired) electrons. The Balaban J connectivity index is 2.82. The lowest BCUT2D eigenvalue weighted by Gasteiger charge is -2.00. The minimum atomic E-state index is -0.305. The van der Waals surface area contributed by atoms with Gasteiger partial charge in [-0.05, 0) is 12.1 Å². The van der Waals surface area contributed by atoms with Crippen LogP contribution in [0.4, 0.5) is 0 Å². The van der Waals surface area contributed by atoms with Gasteiger partial charge in [0.05, 0.1) is 5.56 Å². The molecule has 0 saturated carbocycles. The second-order valence-electron chi connectivity index (χ2n) is 2.40. The third kappa shape index (κ3) is 3.02. The van der Waals surface area contributed by atoms with Gasteiger partial charge in [-0.2, -0.15) is 0 Å². The Morgan fingerprint density at radius 3 is 3.00 bits per heavy atom. The quantitative estimate of drug-likeness (QED) is 0.454. The molecule has 0 spiro atoms. The van der Waals surface area contributed by atoms with E-state index in [1.54, 1.807) is 18.3 Å². The van der Waals surface area contributed by atoms with E-state index in [1.165, 1.54) is 13.1 Å². The summed E-state index contributed by atoms with van der Waals surface area (Å²) in [5, 5.41) is 3.63. The van der Waals surface area contributed by atoms with E-state index in [1.807, 2.05) is 0 Å². The summed E-state index contributed by atoms with van der Waals surface area (Å²) < 4.78 is 4.45. The molecule has 0 saturated heterocycles. The summed E-state index contributed by atoms with van der Waals surface area (Å²) in [6.45, 7) is 1.33. The Labute approximate surface area is 85.9 Å². The number of hydrogen-bond donors (Lipinski definition) is 1. The molecule has 1 N–H and O–H groups in total. The molecular weight excluding hydrogens is 206 g/mol.